The van der Waals surface area contributed by atoms with Crippen molar-refractivity contribution in [3.8, 4) is 0 Å². The normalized spacial score (nSPS) is 19.6. The fourth-order valence-electron chi connectivity index (χ4n) is 2.93. The Labute approximate surface area is 177 Å². The third-order valence-corrected chi connectivity index (χ3v) is 5.68. The summed E-state index contributed by atoms with van der Waals surface area (Å²) in [5.41, 5.74) is 0.225. The molecule has 0 spiro atoms. The van der Waals surface area contributed by atoms with Gasteiger partial charge in [0.25, 0.3) is 10.1 Å². The molecule has 1 amide bonds. The van der Waals surface area contributed by atoms with Crippen LogP contribution in [-0.2, 0) is 33.3 Å². The van der Waals surface area contributed by atoms with Crippen LogP contribution in [0.5, 0.6) is 0 Å². The van der Waals surface area contributed by atoms with Gasteiger partial charge in [0.1, 0.15) is 11.6 Å². The van der Waals surface area contributed by atoms with Crippen molar-refractivity contribution in [1.82, 2.24) is 4.90 Å². The maximum atomic E-state index is 12.4. The van der Waals surface area contributed by atoms with E-state index in [4.69, 9.17) is 18.4 Å². The Morgan fingerprint density at radius 2 is 1.77 bits per heavy atom. The highest BCUT2D eigenvalue weighted by molar-refractivity contribution is 7.86. The zero-order valence-corrected chi connectivity index (χ0v) is 18.7. The predicted molar refractivity (Wildman–Crippen MR) is 107 cm³/mol. The fraction of sp³-hybridized carbons (Fsp3) is 0.600. The largest absolute Gasteiger partial charge is 0.467 e. The van der Waals surface area contributed by atoms with E-state index in [1.807, 2.05) is 6.92 Å². The van der Waals surface area contributed by atoms with Gasteiger partial charge < -0.3 is 14.2 Å². The third kappa shape index (κ3) is 6.68. The number of hydrogen-bond donors (Lipinski definition) is 0. The van der Waals surface area contributed by atoms with Gasteiger partial charge in [-0.25, -0.2) is 9.59 Å². The van der Waals surface area contributed by atoms with Gasteiger partial charge >= 0.3 is 12.1 Å². The van der Waals surface area contributed by atoms with Gasteiger partial charge in [-0.3, -0.25) is 9.08 Å². The molecule has 0 aliphatic carbocycles. The molecule has 10 heteroatoms. The van der Waals surface area contributed by atoms with Crippen LogP contribution in [0.3, 0.4) is 0 Å². The molecule has 0 radical (unpaired) electrons. The highest BCUT2D eigenvalue weighted by Crippen LogP contribution is 2.24. The lowest BCUT2D eigenvalue weighted by Gasteiger charge is -2.27. The van der Waals surface area contributed by atoms with Crippen LogP contribution in [0.25, 0.3) is 0 Å². The number of esters is 1. The van der Waals surface area contributed by atoms with E-state index >= 15 is 0 Å². The number of carbonyl (C=O) groups is 2. The maximum Gasteiger partial charge on any atom is 0.411 e. The Hall–Kier alpha value is -2.17. The summed E-state index contributed by atoms with van der Waals surface area (Å²) in [5, 5.41) is 0. The number of aryl methyl sites for hydroxylation is 1. The van der Waals surface area contributed by atoms with Crippen molar-refractivity contribution in [1.29, 1.82) is 0 Å². The van der Waals surface area contributed by atoms with Gasteiger partial charge in [0.05, 0.1) is 37.9 Å². The molecule has 1 saturated heterocycles. The van der Waals surface area contributed by atoms with Gasteiger partial charge in [0.2, 0.25) is 0 Å². The Morgan fingerprint density at radius 1 is 1.13 bits per heavy atom. The van der Waals surface area contributed by atoms with Crippen molar-refractivity contribution in [3.63, 3.8) is 0 Å². The number of hydrogen-bond acceptors (Lipinski definition) is 8. The van der Waals surface area contributed by atoms with Gasteiger partial charge in [-0.05, 0) is 39.8 Å². The van der Waals surface area contributed by atoms with Crippen LogP contribution in [0.15, 0.2) is 29.2 Å². The fourth-order valence-corrected chi connectivity index (χ4v) is 3.82. The van der Waals surface area contributed by atoms with Crippen LogP contribution in [0.4, 0.5) is 4.79 Å². The number of nitrogens with zero attached hydrogens (tertiary/aromatic N) is 1. The van der Waals surface area contributed by atoms with Gasteiger partial charge in [-0.2, -0.15) is 8.42 Å². The number of likely N-dealkylation sites (tertiary alicyclic amines) is 1. The number of benzene rings is 1. The molecule has 0 N–H and O–H groups in total. The van der Waals surface area contributed by atoms with E-state index in [2.05, 4.69) is 0 Å². The van der Waals surface area contributed by atoms with E-state index in [0.29, 0.717) is 0 Å². The van der Waals surface area contributed by atoms with E-state index in [1.54, 1.807) is 32.9 Å². The summed E-state index contributed by atoms with van der Waals surface area (Å²) in [6.45, 7) is 6.96. The second-order valence-electron chi connectivity index (χ2n) is 7.99. The Bertz CT molecular complexity index is 845. The van der Waals surface area contributed by atoms with Crippen LogP contribution >= 0.6 is 0 Å². The molecule has 9 nitrogen and oxygen atoms in total. The van der Waals surface area contributed by atoms with Crippen molar-refractivity contribution in [3.05, 3.63) is 29.8 Å². The van der Waals surface area contributed by atoms with Crippen LogP contribution in [0, 0.1) is 6.92 Å². The minimum atomic E-state index is -3.88. The molecule has 2 rings (SSSR count). The average molecular weight is 444 g/mol. The van der Waals surface area contributed by atoms with Crippen molar-refractivity contribution in [2.45, 2.75) is 56.8 Å². The monoisotopic (exact) mass is 443 g/mol. The quantitative estimate of drug-likeness (QED) is 0.359. The van der Waals surface area contributed by atoms with E-state index < -0.39 is 39.9 Å². The first-order chi connectivity index (χ1) is 13.9. The van der Waals surface area contributed by atoms with Crippen molar-refractivity contribution in [2.24, 2.45) is 0 Å². The SMILES string of the molecule is COC(=O)[C@@H]1C[C@@H](OCCOS(=O)(=O)c2ccc(C)cc2)CN1C(=O)OC(C)(C)C. The van der Waals surface area contributed by atoms with E-state index in [-0.39, 0.29) is 31.1 Å². The van der Waals surface area contributed by atoms with Gasteiger partial charge in [0.15, 0.2) is 0 Å². The third-order valence-electron chi connectivity index (χ3n) is 4.35. The van der Waals surface area contributed by atoms with Crippen molar-refractivity contribution in [2.75, 3.05) is 26.9 Å². The Kier molecular flexibility index (Phi) is 7.84. The van der Waals surface area contributed by atoms with Crippen molar-refractivity contribution < 1.29 is 36.4 Å². The zero-order valence-electron chi connectivity index (χ0n) is 17.9. The second-order valence-corrected chi connectivity index (χ2v) is 9.60. The van der Waals surface area contributed by atoms with Gasteiger partial charge in [-0.15, -0.1) is 0 Å². The molecule has 1 aromatic rings. The molecular formula is C20H29NO8S. The van der Waals surface area contributed by atoms with Crippen LogP contribution in [0.2, 0.25) is 0 Å². The van der Waals surface area contributed by atoms with E-state index in [9.17, 15) is 18.0 Å². The summed E-state index contributed by atoms with van der Waals surface area (Å²) >= 11 is 0. The summed E-state index contributed by atoms with van der Waals surface area (Å²) in [6, 6.07) is 5.49. The molecule has 0 bridgehead atoms. The van der Waals surface area contributed by atoms with Gasteiger partial charge in [0, 0.05) is 6.42 Å². The minimum absolute atomic E-state index is 0.0220. The molecule has 2 atom stereocenters. The average Bonchev–Trinajstić information content (AvgIpc) is 3.08. The number of ether oxygens (including phenoxy) is 3. The highest BCUT2D eigenvalue weighted by Gasteiger charge is 2.42. The summed E-state index contributed by atoms with van der Waals surface area (Å²) in [7, 11) is -2.64. The molecule has 0 aromatic heterocycles. The number of carbonyl (C=O) groups excluding carboxylic acids is 2. The first-order valence-electron chi connectivity index (χ1n) is 9.58. The molecule has 1 aliphatic rings. The predicted octanol–water partition coefficient (Wildman–Crippen LogP) is 2.27. The zero-order chi connectivity index (χ0) is 22.5. The molecule has 0 unspecified atom stereocenters. The standard InChI is InChI=1S/C20H29NO8S/c1-14-6-8-16(9-7-14)30(24,25)28-11-10-27-15-12-17(18(22)26-5)21(13-15)19(23)29-20(2,3)4/h6-9,15,17H,10-13H2,1-5H3/t15-,17+/m1/s1. The van der Waals surface area contributed by atoms with Gasteiger partial charge in [-0.1, -0.05) is 17.7 Å². The summed E-state index contributed by atoms with van der Waals surface area (Å²) in [6.07, 6.45) is -0.897. The molecule has 1 heterocycles. The number of rotatable bonds is 7. The summed E-state index contributed by atoms with van der Waals surface area (Å²) < 4.78 is 45.1. The molecule has 1 aliphatic heterocycles. The lowest BCUT2D eigenvalue weighted by atomic mass is 10.2. The first-order valence-corrected chi connectivity index (χ1v) is 11.0. The molecule has 1 fully saturated rings. The van der Waals surface area contributed by atoms with Crippen LogP contribution < -0.4 is 0 Å². The lowest BCUT2D eigenvalue weighted by Crippen LogP contribution is -2.44. The smallest absolute Gasteiger partial charge is 0.411 e. The number of amides is 1. The van der Waals surface area contributed by atoms with Crippen molar-refractivity contribution >= 4 is 22.2 Å². The van der Waals surface area contributed by atoms with E-state index in [1.165, 1.54) is 24.1 Å². The molecule has 168 valence electrons. The number of methoxy groups -OCH3 is 1. The molecule has 0 saturated carbocycles. The van der Waals surface area contributed by atoms with Crippen LogP contribution in [-0.4, -0.2) is 70.0 Å². The first kappa shape index (κ1) is 24.1. The minimum Gasteiger partial charge on any atom is -0.467 e. The highest BCUT2D eigenvalue weighted by atomic mass is 32.2. The Balaban J connectivity index is 1.90. The Morgan fingerprint density at radius 3 is 2.33 bits per heavy atom. The second kappa shape index (κ2) is 9.76. The molecule has 1 aromatic carbocycles. The summed E-state index contributed by atoms with van der Waals surface area (Å²) in [5.74, 6) is -0.565. The lowest BCUT2D eigenvalue weighted by molar-refractivity contribution is -0.145. The topological polar surface area (TPSA) is 108 Å². The molecular weight excluding hydrogens is 414 g/mol. The van der Waals surface area contributed by atoms with Crippen LogP contribution in [0.1, 0.15) is 32.8 Å². The maximum absolute atomic E-state index is 12.4. The van der Waals surface area contributed by atoms with E-state index in [0.717, 1.165) is 5.56 Å². The summed E-state index contributed by atoms with van der Waals surface area (Å²) in [4.78, 5) is 25.8. The molecule has 30 heavy (non-hydrogen) atoms.